The zero-order valence-electron chi connectivity index (χ0n) is 8.79. The Bertz CT molecular complexity index is 360. The maximum atomic E-state index is 11.6. The molecule has 5 heteroatoms. The molecule has 1 amide bonds. The van der Waals surface area contributed by atoms with Gasteiger partial charge < -0.3 is 11.1 Å². The average Bonchev–Trinajstić information content (AvgIpc) is 2.76. The van der Waals surface area contributed by atoms with E-state index in [1.807, 2.05) is 0 Å². The van der Waals surface area contributed by atoms with E-state index in [9.17, 15) is 4.79 Å². The van der Waals surface area contributed by atoms with Gasteiger partial charge in [0.2, 0.25) is 0 Å². The Morgan fingerprint density at radius 1 is 1.80 bits per heavy atom. The van der Waals surface area contributed by atoms with E-state index in [4.69, 9.17) is 5.73 Å². The number of rotatable bonds is 4. The molecular formula is C10H16N4O. The van der Waals surface area contributed by atoms with E-state index in [1.165, 1.54) is 12.8 Å². The molecule has 5 nitrogen and oxygen atoms in total. The van der Waals surface area contributed by atoms with Crippen molar-refractivity contribution in [3.05, 3.63) is 11.8 Å². The van der Waals surface area contributed by atoms with E-state index in [1.54, 1.807) is 6.07 Å². The van der Waals surface area contributed by atoms with Crippen LogP contribution in [0.2, 0.25) is 0 Å². The quantitative estimate of drug-likeness (QED) is 0.687. The number of hydrogen-bond donors (Lipinski definition) is 3. The zero-order valence-corrected chi connectivity index (χ0v) is 8.79. The summed E-state index contributed by atoms with van der Waals surface area (Å²) in [5.41, 5.74) is 5.85. The third-order valence-electron chi connectivity index (χ3n) is 2.74. The first-order chi connectivity index (χ1) is 7.20. The monoisotopic (exact) mass is 208 g/mol. The Hall–Kier alpha value is -1.52. The summed E-state index contributed by atoms with van der Waals surface area (Å²) in [6.45, 7) is 2.16. The fourth-order valence-electron chi connectivity index (χ4n) is 1.81. The van der Waals surface area contributed by atoms with Crippen molar-refractivity contribution < 1.29 is 4.79 Å². The highest BCUT2D eigenvalue weighted by Gasteiger charge is 2.37. The Labute approximate surface area is 88.4 Å². The van der Waals surface area contributed by atoms with Gasteiger partial charge >= 0.3 is 0 Å². The molecule has 0 aromatic carbocycles. The van der Waals surface area contributed by atoms with Gasteiger partial charge in [-0.05, 0) is 18.8 Å². The molecule has 4 N–H and O–H groups in total. The van der Waals surface area contributed by atoms with Crippen molar-refractivity contribution in [1.29, 1.82) is 0 Å². The first kappa shape index (κ1) is 10.0. The van der Waals surface area contributed by atoms with Gasteiger partial charge in [0.15, 0.2) is 0 Å². The number of amides is 1. The average molecular weight is 208 g/mol. The van der Waals surface area contributed by atoms with Crippen molar-refractivity contribution in [2.24, 2.45) is 5.92 Å². The van der Waals surface area contributed by atoms with Crippen LogP contribution in [0.25, 0.3) is 0 Å². The molecule has 0 aliphatic heterocycles. The fourth-order valence-corrected chi connectivity index (χ4v) is 1.81. The van der Waals surface area contributed by atoms with Gasteiger partial charge in [-0.1, -0.05) is 13.3 Å². The maximum Gasteiger partial charge on any atom is 0.269 e. The molecule has 1 aliphatic rings. The number of carbonyl (C=O) groups excluding carboxylic acids is 1. The van der Waals surface area contributed by atoms with Crippen LogP contribution in [0.3, 0.4) is 0 Å². The number of carbonyl (C=O) groups is 1. The van der Waals surface area contributed by atoms with Crippen LogP contribution in [0.15, 0.2) is 6.07 Å². The highest BCUT2D eigenvalue weighted by molar-refractivity contribution is 5.93. The van der Waals surface area contributed by atoms with Crippen molar-refractivity contribution in [1.82, 2.24) is 15.5 Å². The highest BCUT2D eigenvalue weighted by Crippen LogP contribution is 2.34. The molecule has 1 aliphatic carbocycles. The summed E-state index contributed by atoms with van der Waals surface area (Å²) in [5.74, 6) is 0.906. The standard InChI is InChI=1S/C10H16N4O/c1-2-3-6-4-7(6)12-10(15)8-5-9(11)14-13-8/h5-7H,2-4H2,1H3,(H,12,15)(H3,11,13,14). The van der Waals surface area contributed by atoms with Crippen LogP contribution in [-0.2, 0) is 0 Å². The largest absolute Gasteiger partial charge is 0.382 e. The minimum Gasteiger partial charge on any atom is -0.382 e. The van der Waals surface area contributed by atoms with E-state index in [0.717, 1.165) is 6.42 Å². The number of aromatic amines is 1. The van der Waals surface area contributed by atoms with Gasteiger partial charge in [0, 0.05) is 12.1 Å². The lowest BCUT2D eigenvalue weighted by Gasteiger charge is -2.01. The van der Waals surface area contributed by atoms with Crippen molar-refractivity contribution in [2.45, 2.75) is 32.2 Å². The minimum atomic E-state index is -0.109. The van der Waals surface area contributed by atoms with Crippen LogP contribution in [0, 0.1) is 5.92 Å². The summed E-state index contributed by atoms with van der Waals surface area (Å²) in [6.07, 6.45) is 3.47. The predicted octanol–water partition coefficient (Wildman–Crippen LogP) is 0.910. The van der Waals surface area contributed by atoms with Crippen molar-refractivity contribution in [2.75, 3.05) is 5.73 Å². The summed E-state index contributed by atoms with van der Waals surface area (Å²) >= 11 is 0. The zero-order chi connectivity index (χ0) is 10.8. The van der Waals surface area contributed by atoms with Gasteiger partial charge in [0.1, 0.15) is 11.5 Å². The number of nitrogens with one attached hydrogen (secondary N) is 2. The summed E-state index contributed by atoms with van der Waals surface area (Å²) in [7, 11) is 0. The fraction of sp³-hybridized carbons (Fsp3) is 0.600. The van der Waals surface area contributed by atoms with Crippen LogP contribution >= 0.6 is 0 Å². The first-order valence-corrected chi connectivity index (χ1v) is 5.32. The third-order valence-corrected chi connectivity index (χ3v) is 2.74. The van der Waals surface area contributed by atoms with Crippen LogP contribution in [0.1, 0.15) is 36.7 Å². The summed E-state index contributed by atoms with van der Waals surface area (Å²) in [5, 5.41) is 9.26. The molecular weight excluding hydrogens is 192 g/mol. The maximum absolute atomic E-state index is 11.6. The molecule has 1 saturated carbocycles. The molecule has 15 heavy (non-hydrogen) atoms. The van der Waals surface area contributed by atoms with Gasteiger partial charge in [0.05, 0.1) is 0 Å². The number of nitrogens with two attached hydrogens (primary N) is 1. The second kappa shape index (κ2) is 3.92. The molecule has 1 aromatic heterocycles. The highest BCUT2D eigenvalue weighted by atomic mass is 16.2. The second-order valence-electron chi connectivity index (χ2n) is 4.07. The number of aromatic nitrogens is 2. The summed E-state index contributed by atoms with van der Waals surface area (Å²) in [6, 6.07) is 1.90. The number of H-pyrrole nitrogens is 1. The van der Waals surface area contributed by atoms with Crippen molar-refractivity contribution in [3.63, 3.8) is 0 Å². The summed E-state index contributed by atoms with van der Waals surface area (Å²) < 4.78 is 0. The lowest BCUT2D eigenvalue weighted by atomic mass is 10.2. The Morgan fingerprint density at radius 2 is 2.60 bits per heavy atom. The predicted molar refractivity (Wildman–Crippen MR) is 57.3 cm³/mol. The molecule has 1 aromatic rings. The molecule has 2 unspecified atom stereocenters. The Kier molecular flexibility index (Phi) is 2.62. The third kappa shape index (κ3) is 2.29. The molecule has 0 bridgehead atoms. The first-order valence-electron chi connectivity index (χ1n) is 5.32. The second-order valence-corrected chi connectivity index (χ2v) is 4.07. The molecule has 1 heterocycles. The molecule has 2 atom stereocenters. The van der Waals surface area contributed by atoms with E-state index < -0.39 is 0 Å². The number of nitrogens with zero attached hydrogens (tertiary/aromatic N) is 1. The molecule has 2 rings (SSSR count). The molecule has 0 spiro atoms. The topological polar surface area (TPSA) is 83.8 Å². The number of anilines is 1. The van der Waals surface area contributed by atoms with Gasteiger partial charge in [-0.2, -0.15) is 5.10 Å². The van der Waals surface area contributed by atoms with Crippen LogP contribution in [0.5, 0.6) is 0 Å². The minimum absolute atomic E-state index is 0.109. The molecule has 1 fully saturated rings. The Morgan fingerprint density at radius 3 is 3.20 bits per heavy atom. The number of hydrogen-bond acceptors (Lipinski definition) is 3. The van der Waals surface area contributed by atoms with Crippen LogP contribution < -0.4 is 11.1 Å². The van der Waals surface area contributed by atoms with E-state index in [0.29, 0.717) is 23.5 Å². The SMILES string of the molecule is CCCC1CC1NC(=O)c1cc(N)n[nH]1. The van der Waals surface area contributed by atoms with Crippen LogP contribution in [0.4, 0.5) is 5.82 Å². The molecule has 0 radical (unpaired) electrons. The van der Waals surface area contributed by atoms with E-state index in [-0.39, 0.29) is 5.91 Å². The smallest absolute Gasteiger partial charge is 0.269 e. The van der Waals surface area contributed by atoms with Gasteiger partial charge in [0.25, 0.3) is 5.91 Å². The van der Waals surface area contributed by atoms with E-state index in [2.05, 4.69) is 22.4 Å². The van der Waals surface area contributed by atoms with Crippen molar-refractivity contribution >= 4 is 11.7 Å². The normalized spacial score (nSPS) is 23.8. The Balaban J connectivity index is 1.84. The lowest BCUT2D eigenvalue weighted by Crippen LogP contribution is -2.27. The molecule has 82 valence electrons. The molecule has 0 saturated heterocycles. The van der Waals surface area contributed by atoms with Crippen LogP contribution in [-0.4, -0.2) is 22.1 Å². The van der Waals surface area contributed by atoms with Gasteiger partial charge in [-0.25, -0.2) is 0 Å². The number of nitrogen functional groups attached to an aromatic ring is 1. The van der Waals surface area contributed by atoms with E-state index >= 15 is 0 Å². The van der Waals surface area contributed by atoms with Crippen molar-refractivity contribution in [3.8, 4) is 0 Å². The van der Waals surface area contributed by atoms with Gasteiger partial charge in [-0.15, -0.1) is 0 Å². The summed E-state index contributed by atoms with van der Waals surface area (Å²) in [4.78, 5) is 11.6. The lowest BCUT2D eigenvalue weighted by molar-refractivity contribution is 0.0944. The van der Waals surface area contributed by atoms with Gasteiger partial charge in [-0.3, -0.25) is 9.89 Å².